The van der Waals surface area contributed by atoms with Gasteiger partial charge < -0.3 is 10.3 Å². The zero-order valence-electron chi connectivity index (χ0n) is 10.9. The van der Waals surface area contributed by atoms with Gasteiger partial charge in [-0.3, -0.25) is 4.79 Å². The number of nitrogens with zero attached hydrogens (tertiary/aromatic N) is 1. The maximum absolute atomic E-state index is 12.3. The smallest absolute Gasteiger partial charge is 0.255 e. The molecule has 1 aromatic carbocycles. The Balaban J connectivity index is 2.59. The predicted molar refractivity (Wildman–Crippen MR) is 79.3 cm³/mol. The first-order valence-electron chi connectivity index (χ1n) is 6.36. The van der Waals surface area contributed by atoms with Crippen molar-refractivity contribution < 1.29 is 0 Å². The number of benzene rings is 1. The van der Waals surface area contributed by atoms with E-state index in [2.05, 4.69) is 0 Å². The molecule has 2 N–H and O–H groups in total. The van der Waals surface area contributed by atoms with Crippen LogP contribution in [0.5, 0.6) is 0 Å². The van der Waals surface area contributed by atoms with E-state index in [4.69, 9.17) is 17.3 Å². The highest BCUT2D eigenvalue weighted by atomic mass is 35.5. The Hall–Kier alpha value is -1.58. The number of rotatable bonds is 4. The summed E-state index contributed by atoms with van der Waals surface area (Å²) in [6, 6.07) is 11.3. The standard InChI is InChI=1S/C15H17ClN2O/c1-2-9-18-14(8-5-12(10-17)15(18)19)11-3-6-13(16)7-4-11/h3-8H,2,9-10,17H2,1H3. The van der Waals surface area contributed by atoms with E-state index in [9.17, 15) is 4.79 Å². The van der Waals surface area contributed by atoms with Gasteiger partial charge in [0.05, 0.1) is 5.69 Å². The molecule has 19 heavy (non-hydrogen) atoms. The average molecular weight is 277 g/mol. The summed E-state index contributed by atoms with van der Waals surface area (Å²) in [4.78, 5) is 12.3. The molecule has 4 heteroatoms. The molecule has 2 aromatic rings. The van der Waals surface area contributed by atoms with Gasteiger partial charge in [-0.25, -0.2) is 0 Å². The molecular weight excluding hydrogens is 260 g/mol. The van der Waals surface area contributed by atoms with Crippen LogP contribution in [-0.4, -0.2) is 4.57 Å². The first-order chi connectivity index (χ1) is 9.17. The number of hydrogen-bond donors (Lipinski definition) is 1. The van der Waals surface area contributed by atoms with Crippen molar-refractivity contribution in [1.82, 2.24) is 4.57 Å². The van der Waals surface area contributed by atoms with Crippen LogP contribution in [0.15, 0.2) is 41.2 Å². The third-order valence-corrected chi connectivity index (χ3v) is 3.31. The van der Waals surface area contributed by atoms with Gasteiger partial charge in [0.1, 0.15) is 0 Å². The van der Waals surface area contributed by atoms with Gasteiger partial charge in [-0.05, 0) is 30.2 Å². The fourth-order valence-electron chi connectivity index (χ4n) is 2.10. The molecule has 0 aliphatic rings. The molecule has 0 saturated carbocycles. The third kappa shape index (κ3) is 2.88. The van der Waals surface area contributed by atoms with Crippen molar-refractivity contribution in [3.63, 3.8) is 0 Å². The van der Waals surface area contributed by atoms with Crippen LogP contribution in [0.3, 0.4) is 0 Å². The van der Waals surface area contributed by atoms with E-state index in [-0.39, 0.29) is 12.1 Å². The minimum Gasteiger partial charge on any atom is -0.326 e. The van der Waals surface area contributed by atoms with Crippen molar-refractivity contribution in [1.29, 1.82) is 0 Å². The second kappa shape index (κ2) is 6.04. The largest absolute Gasteiger partial charge is 0.326 e. The minimum absolute atomic E-state index is 0.00296. The predicted octanol–water partition coefficient (Wildman–Crippen LogP) is 3.04. The number of hydrogen-bond acceptors (Lipinski definition) is 2. The van der Waals surface area contributed by atoms with Gasteiger partial charge in [-0.15, -0.1) is 0 Å². The summed E-state index contributed by atoms with van der Waals surface area (Å²) in [5.74, 6) is 0. The van der Waals surface area contributed by atoms with E-state index in [1.54, 1.807) is 10.6 Å². The summed E-state index contributed by atoms with van der Waals surface area (Å²) in [5, 5.41) is 0.687. The normalized spacial score (nSPS) is 10.7. The molecule has 0 aliphatic carbocycles. The molecule has 100 valence electrons. The van der Waals surface area contributed by atoms with Crippen molar-refractivity contribution in [2.45, 2.75) is 26.4 Å². The van der Waals surface area contributed by atoms with Crippen LogP contribution in [0.1, 0.15) is 18.9 Å². The zero-order chi connectivity index (χ0) is 13.8. The molecule has 0 aliphatic heterocycles. The van der Waals surface area contributed by atoms with E-state index in [0.717, 1.165) is 17.7 Å². The lowest BCUT2D eigenvalue weighted by atomic mass is 10.1. The Morgan fingerprint density at radius 3 is 2.42 bits per heavy atom. The molecule has 0 bridgehead atoms. The highest BCUT2D eigenvalue weighted by Gasteiger charge is 2.09. The fraction of sp³-hybridized carbons (Fsp3) is 0.267. The van der Waals surface area contributed by atoms with Gasteiger partial charge >= 0.3 is 0 Å². The lowest BCUT2D eigenvalue weighted by Gasteiger charge is -2.13. The summed E-state index contributed by atoms with van der Waals surface area (Å²) in [5.41, 5.74) is 8.12. The van der Waals surface area contributed by atoms with Crippen LogP contribution in [0.25, 0.3) is 11.3 Å². The molecule has 3 nitrogen and oxygen atoms in total. The first kappa shape index (κ1) is 13.8. The highest BCUT2D eigenvalue weighted by molar-refractivity contribution is 6.30. The molecule has 2 rings (SSSR count). The van der Waals surface area contributed by atoms with Gasteiger partial charge in [0.25, 0.3) is 5.56 Å². The molecular formula is C15H17ClN2O. The fourth-order valence-corrected chi connectivity index (χ4v) is 2.22. The van der Waals surface area contributed by atoms with Crippen LogP contribution in [0.4, 0.5) is 0 Å². The van der Waals surface area contributed by atoms with E-state index >= 15 is 0 Å². The topological polar surface area (TPSA) is 48.0 Å². The number of halogens is 1. The summed E-state index contributed by atoms with van der Waals surface area (Å²) < 4.78 is 1.78. The summed E-state index contributed by atoms with van der Waals surface area (Å²) in [6.45, 7) is 3.00. The Kier molecular flexibility index (Phi) is 4.40. The van der Waals surface area contributed by atoms with Crippen molar-refractivity contribution in [2.75, 3.05) is 0 Å². The van der Waals surface area contributed by atoms with E-state index < -0.39 is 0 Å². The van der Waals surface area contributed by atoms with Gasteiger partial charge in [0, 0.05) is 23.7 Å². The second-order valence-corrected chi connectivity index (χ2v) is 4.85. The quantitative estimate of drug-likeness (QED) is 0.933. The molecule has 0 amide bonds. The number of nitrogens with two attached hydrogens (primary N) is 1. The maximum Gasteiger partial charge on any atom is 0.255 e. The first-order valence-corrected chi connectivity index (χ1v) is 6.74. The lowest BCUT2D eigenvalue weighted by Crippen LogP contribution is -2.26. The molecule has 0 unspecified atom stereocenters. The van der Waals surface area contributed by atoms with E-state index in [0.29, 0.717) is 17.1 Å². The van der Waals surface area contributed by atoms with Crippen LogP contribution in [0, 0.1) is 0 Å². The SMILES string of the molecule is CCCn1c(-c2ccc(Cl)cc2)ccc(CN)c1=O. The van der Waals surface area contributed by atoms with Crippen LogP contribution in [0.2, 0.25) is 5.02 Å². The summed E-state index contributed by atoms with van der Waals surface area (Å²) in [6.07, 6.45) is 0.897. The van der Waals surface area contributed by atoms with Crippen molar-refractivity contribution in [2.24, 2.45) is 5.73 Å². The van der Waals surface area contributed by atoms with Gasteiger partial charge in [-0.2, -0.15) is 0 Å². The Bertz CT molecular complexity index is 617. The molecule has 0 radical (unpaired) electrons. The van der Waals surface area contributed by atoms with Gasteiger partial charge in [0.2, 0.25) is 0 Å². The molecule has 0 saturated heterocycles. The number of aromatic nitrogens is 1. The Labute approximate surface area is 117 Å². The van der Waals surface area contributed by atoms with Gasteiger partial charge in [0.15, 0.2) is 0 Å². The maximum atomic E-state index is 12.3. The highest BCUT2D eigenvalue weighted by Crippen LogP contribution is 2.21. The summed E-state index contributed by atoms with van der Waals surface area (Å²) in [7, 11) is 0. The second-order valence-electron chi connectivity index (χ2n) is 4.41. The molecule has 1 heterocycles. The summed E-state index contributed by atoms with van der Waals surface area (Å²) >= 11 is 5.89. The van der Waals surface area contributed by atoms with Crippen molar-refractivity contribution in [3.05, 3.63) is 57.3 Å². The van der Waals surface area contributed by atoms with E-state index in [1.807, 2.05) is 37.3 Å². The third-order valence-electron chi connectivity index (χ3n) is 3.06. The number of pyridine rings is 1. The Morgan fingerprint density at radius 1 is 1.16 bits per heavy atom. The lowest BCUT2D eigenvalue weighted by molar-refractivity contribution is 0.653. The average Bonchev–Trinajstić information content (AvgIpc) is 2.42. The molecule has 0 spiro atoms. The van der Waals surface area contributed by atoms with Crippen molar-refractivity contribution in [3.8, 4) is 11.3 Å². The minimum atomic E-state index is -0.00296. The monoisotopic (exact) mass is 276 g/mol. The van der Waals surface area contributed by atoms with Crippen molar-refractivity contribution >= 4 is 11.6 Å². The van der Waals surface area contributed by atoms with Gasteiger partial charge in [-0.1, -0.05) is 36.7 Å². The van der Waals surface area contributed by atoms with Crippen LogP contribution < -0.4 is 11.3 Å². The zero-order valence-corrected chi connectivity index (χ0v) is 11.7. The molecule has 0 atom stereocenters. The van der Waals surface area contributed by atoms with Crippen LogP contribution >= 0.6 is 11.6 Å². The molecule has 1 aromatic heterocycles. The molecule has 0 fully saturated rings. The van der Waals surface area contributed by atoms with Crippen LogP contribution in [-0.2, 0) is 13.1 Å². The van der Waals surface area contributed by atoms with E-state index in [1.165, 1.54) is 0 Å². The Morgan fingerprint density at radius 2 is 1.84 bits per heavy atom.